The summed E-state index contributed by atoms with van der Waals surface area (Å²) in [6.45, 7) is 4.30. The minimum atomic E-state index is -0.510. The Kier molecular flexibility index (Phi) is 5.07. The fourth-order valence-corrected chi connectivity index (χ4v) is 1.67. The van der Waals surface area contributed by atoms with Crippen LogP contribution in [0.4, 0.5) is 0 Å². The quantitative estimate of drug-likeness (QED) is 0.655. The van der Waals surface area contributed by atoms with Crippen molar-refractivity contribution in [3.8, 4) is 0 Å². The molecule has 2 N–H and O–H groups in total. The van der Waals surface area contributed by atoms with Gasteiger partial charge in [0.05, 0.1) is 12.7 Å². The maximum atomic E-state index is 11.4. The standard InChI is InChI=1S/C10H19NO3/c1-2-14-7-9(12)5-8-6-11-4-3-10(8)13/h8-9,11-12H,2-7H2,1H3. The molecule has 2 unspecified atom stereocenters. The molecular formula is C10H19NO3. The van der Waals surface area contributed by atoms with E-state index in [0.29, 0.717) is 32.6 Å². The molecule has 14 heavy (non-hydrogen) atoms. The Balaban J connectivity index is 2.23. The van der Waals surface area contributed by atoms with Gasteiger partial charge in [-0.05, 0) is 13.3 Å². The van der Waals surface area contributed by atoms with E-state index in [1.165, 1.54) is 0 Å². The maximum Gasteiger partial charge on any atom is 0.138 e. The summed E-state index contributed by atoms with van der Waals surface area (Å²) in [7, 11) is 0. The summed E-state index contributed by atoms with van der Waals surface area (Å²) >= 11 is 0. The van der Waals surface area contributed by atoms with E-state index in [-0.39, 0.29) is 11.7 Å². The smallest absolute Gasteiger partial charge is 0.138 e. The predicted molar refractivity (Wildman–Crippen MR) is 53.1 cm³/mol. The van der Waals surface area contributed by atoms with Crippen LogP contribution in [-0.4, -0.2) is 43.3 Å². The van der Waals surface area contributed by atoms with E-state index >= 15 is 0 Å². The number of carbonyl (C=O) groups excluding carboxylic acids is 1. The van der Waals surface area contributed by atoms with Gasteiger partial charge in [0.2, 0.25) is 0 Å². The first-order chi connectivity index (χ1) is 6.74. The van der Waals surface area contributed by atoms with Crippen molar-refractivity contribution in [3.05, 3.63) is 0 Å². The molecule has 2 atom stereocenters. The molecule has 1 rings (SSSR count). The van der Waals surface area contributed by atoms with E-state index in [2.05, 4.69) is 5.32 Å². The zero-order valence-electron chi connectivity index (χ0n) is 8.66. The van der Waals surface area contributed by atoms with E-state index in [0.717, 1.165) is 6.54 Å². The number of ketones is 1. The second kappa shape index (κ2) is 6.11. The number of aliphatic hydroxyl groups excluding tert-OH is 1. The molecule has 0 aliphatic carbocycles. The van der Waals surface area contributed by atoms with Crippen LogP contribution >= 0.6 is 0 Å². The lowest BCUT2D eigenvalue weighted by atomic mass is 9.92. The third-order valence-electron chi connectivity index (χ3n) is 2.47. The van der Waals surface area contributed by atoms with E-state index in [4.69, 9.17) is 4.74 Å². The summed E-state index contributed by atoms with van der Waals surface area (Å²) in [6.07, 6.45) is 0.599. The van der Waals surface area contributed by atoms with Crippen molar-refractivity contribution < 1.29 is 14.6 Å². The van der Waals surface area contributed by atoms with Gasteiger partial charge in [-0.3, -0.25) is 4.79 Å². The van der Waals surface area contributed by atoms with E-state index in [9.17, 15) is 9.90 Å². The number of aliphatic hydroxyl groups is 1. The molecule has 1 aliphatic rings. The van der Waals surface area contributed by atoms with Crippen molar-refractivity contribution in [2.75, 3.05) is 26.3 Å². The fraction of sp³-hybridized carbons (Fsp3) is 0.900. The topological polar surface area (TPSA) is 58.6 Å². The van der Waals surface area contributed by atoms with Gasteiger partial charge in [0.1, 0.15) is 5.78 Å². The number of rotatable bonds is 5. The van der Waals surface area contributed by atoms with Crippen LogP contribution in [0, 0.1) is 5.92 Å². The summed E-state index contributed by atoms with van der Waals surface area (Å²) in [5, 5.41) is 12.7. The number of carbonyl (C=O) groups is 1. The molecule has 0 aromatic rings. The lowest BCUT2D eigenvalue weighted by Crippen LogP contribution is -2.39. The minimum absolute atomic E-state index is 0.0285. The molecule has 82 valence electrons. The first-order valence-corrected chi connectivity index (χ1v) is 5.23. The molecule has 1 aliphatic heterocycles. The first kappa shape index (κ1) is 11.6. The van der Waals surface area contributed by atoms with Gasteiger partial charge in [-0.15, -0.1) is 0 Å². The molecule has 1 saturated heterocycles. The van der Waals surface area contributed by atoms with Gasteiger partial charge in [0, 0.05) is 32.0 Å². The van der Waals surface area contributed by atoms with Crippen molar-refractivity contribution in [1.82, 2.24) is 5.32 Å². The Hall–Kier alpha value is -0.450. The number of Topliss-reactive ketones (excluding diaryl/α,β-unsaturated/α-hetero) is 1. The zero-order valence-corrected chi connectivity index (χ0v) is 8.66. The van der Waals surface area contributed by atoms with Gasteiger partial charge in [-0.2, -0.15) is 0 Å². The SMILES string of the molecule is CCOCC(O)CC1CNCCC1=O. The van der Waals surface area contributed by atoms with E-state index < -0.39 is 6.10 Å². The highest BCUT2D eigenvalue weighted by Crippen LogP contribution is 2.12. The van der Waals surface area contributed by atoms with Crippen LogP contribution < -0.4 is 5.32 Å². The van der Waals surface area contributed by atoms with Crippen molar-refractivity contribution in [2.45, 2.75) is 25.9 Å². The van der Waals surface area contributed by atoms with Crippen LogP contribution in [0.5, 0.6) is 0 Å². The Morgan fingerprint density at radius 1 is 1.71 bits per heavy atom. The van der Waals surface area contributed by atoms with Crippen LogP contribution in [0.3, 0.4) is 0 Å². The highest BCUT2D eigenvalue weighted by Gasteiger charge is 2.24. The normalized spacial score (nSPS) is 25.0. The van der Waals surface area contributed by atoms with Crippen LogP contribution in [0.2, 0.25) is 0 Å². The average Bonchev–Trinajstić information content (AvgIpc) is 2.18. The summed E-state index contributed by atoms with van der Waals surface area (Å²) in [6, 6.07) is 0. The molecule has 0 bridgehead atoms. The predicted octanol–water partition coefficient (Wildman–Crippen LogP) is -0.0475. The lowest BCUT2D eigenvalue weighted by Gasteiger charge is -2.23. The van der Waals surface area contributed by atoms with Gasteiger partial charge >= 0.3 is 0 Å². The first-order valence-electron chi connectivity index (χ1n) is 5.23. The Morgan fingerprint density at radius 2 is 2.50 bits per heavy atom. The van der Waals surface area contributed by atoms with Crippen LogP contribution in [0.1, 0.15) is 19.8 Å². The van der Waals surface area contributed by atoms with Crippen molar-refractivity contribution in [2.24, 2.45) is 5.92 Å². The molecule has 0 amide bonds. The van der Waals surface area contributed by atoms with Crippen molar-refractivity contribution in [1.29, 1.82) is 0 Å². The van der Waals surface area contributed by atoms with Crippen LogP contribution in [0.15, 0.2) is 0 Å². The minimum Gasteiger partial charge on any atom is -0.391 e. The Labute approximate surface area is 84.6 Å². The molecule has 0 saturated carbocycles. The van der Waals surface area contributed by atoms with Crippen LogP contribution in [-0.2, 0) is 9.53 Å². The number of ether oxygens (including phenoxy) is 1. The second-order valence-corrected chi connectivity index (χ2v) is 3.67. The zero-order chi connectivity index (χ0) is 10.4. The average molecular weight is 201 g/mol. The monoisotopic (exact) mass is 201 g/mol. The summed E-state index contributed by atoms with van der Waals surface area (Å²) in [4.78, 5) is 11.4. The highest BCUT2D eigenvalue weighted by atomic mass is 16.5. The highest BCUT2D eigenvalue weighted by molar-refractivity contribution is 5.82. The third-order valence-corrected chi connectivity index (χ3v) is 2.47. The fourth-order valence-electron chi connectivity index (χ4n) is 1.67. The molecule has 1 fully saturated rings. The van der Waals surface area contributed by atoms with Crippen molar-refractivity contribution in [3.63, 3.8) is 0 Å². The molecule has 0 aromatic heterocycles. The van der Waals surface area contributed by atoms with Gasteiger partial charge in [-0.25, -0.2) is 0 Å². The number of nitrogens with one attached hydrogen (secondary N) is 1. The molecule has 1 heterocycles. The lowest BCUT2D eigenvalue weighted by molar-refractivity contribution is -0.125. The summed E-state index contributed by atoms with van der Waals surface area (Å²) in [5.41, 5.74) is 0. The number of hydrogen-bond acceptors (Lipinski definition) is 4. The van der Waals surface area contributed by atoms with Gasteiger partial charge in [-0.1, -0.05) is 0 Å². The molecule has 0 aromatic carbocycles. The summed E-state index contributed by atoms with van der Waals surface area (Å²) in [5.74, 6) is 0.235. The molecular weight excluding hydrogens is 182 g/mol. The Bertz CT molecular complexity index is 184. The summed E-state index contributed by atoms with van der Waals surface area (Å²) < 4.78 is 5.09. The molecule has 4 heteroatoms. The molecule has 0 radical (unpaired) electrons. The second-order valence-electron chi connectivity index (χ2n) is 3.67. The van der Waals surface area contributed by atoms with Crippen molar-refractivity contribution >= 4 is 5.78 Å². The number of hydrogen-bond donors (Lipinski definition) is 2. The number of piperidine rings is 1. The molecule has 4 nitrogen and oxygen atoms in total. The maximum absolute atomic E-state index is 11.4. The molecule has 0 spiro atoms. The largest absolute Gasteiger partial charge is 0.391 e. The third kappa shape index (κ3) is 3.74. The van der Waals surface area contributed by atoms with Gasteiger partial charge < -0.3 is 15.2 Å². The Morgan fingerprint density at radius 3 is 3.14 bits per heavy atom. The van der Waals surface area contributed by atoms with Gasteiger partial charge in [0.25, 0.3) is 0 Å². The van der Waals surface area contributed by atoms with Gasteiger partial charge in [0.15, 0.2) is 0 Å². The van der Waals surface area contributed by atoms with E-state index in [1.54, 1.807) is 0 Å². The van der Waals surface area contributed by atoms with Crippen LogP contribution in [0.25, 0.3) is 0 Å². The van der Waals surface area contributed by atoms with E-state index in [1.807, 2.05) is 6.92 Å².